The molecule has 1 heterocycles. The second-order valence-electron chi connectivity index (χ2n) is 4.77. The minimum Gasteiger partial charge on any atom is -0.348 e. The molecule has 1 aromatic rings. The first kappa shape index (κ1) is 14.6. The third-order valence-electron chi connectivity index (χ3n) is 3.03. The highest BCUT2D eigenvalue weighted by molar-refractivity contribution is 5.76. The number of nitrogens with zero attached hydrogens (tertiary/aromatic N) is 1. The van der Waals surface area contributed by atoms with E-state index >= 15 is 0 Å². The van der Waals surface area contributed by atoms with Gasteiger partial charge in [-0.3, -0.25) is 9.78 Å². The number of carbonyl (C=O) groups is 1. The quantitative estimate of drug-likeness (QED) is 0.777. The van der Waals surface area contributed by atoms with Crippen LogP contribution in [0.4, 0.5) is 0 Å². The van der Waals surface area contributed by atoms with Gasteiger partial charge in [0, 0.05) is 12.6 Å². The van der Waals surface area contributed by atoms with Crippen molar-refractivity contribution in [2.75, 3.05) is 6.54 Å². The van der Waals surface area contributed by atoms with Gasteiger partial charge in [0.15, 0.2) is 0 Å². The average Bonchev–Trinajstić information content (AvgIpc) is 2.38. The van der Waals surface area contributed by atoms with Crippen LogP contribution < -0.4 is 11.1 Å². The van der Waals surface area contributed by atoms with Crippen molar-refractivity contribution < 1.29 is 4.79 Å². The van der Waals surface area contributed by atoms with Gasteiger partial charge in [0.2, 0.25) is 5.91 Å². The second kappa shape index (κ2) is 7.82. The van der Waals surface area contributed by atoms with Gasteiger partial charge in [-0.15, -0.1) is 0 Å². The molecule has 0 fully saturated rings. The topological polar surface area (TPSA) is 68.0 Å². The Labute approximate surface area is 109 Å². The van der Waals surface area contributed by atoms with Crippen molar-refractivity contribution in [2.45, 2.75) is 39.2 Å². The van der Waals surface area contributed by atoms with Crippen LogP contribution in [0.3, 0.4) is 0 Å². The SMILES string of the molecule is CC(CCN)CCC(=O)NC(C)c1ccccn1. The van der Waals surface area contributed by atoms with Crippen molar-refractivity contribution in [3.8, 4) is 0 Å². The van der Waals surface area contributed by atoms with Crippen molar-refractivity contribution in [2.24, 2.45) is 11.7 Å². The van der Waals surface area contributed by atoms with Gasteiger partial charge in [-0.1, -0.05) is 13.0 Å². The average molecular weight is 249 g/mol. The molecule has 2 atom stereocenters. The number of carbonyl (C=O) groups excluding carboxylic acids is 1. The molecule has 1 rings (SSSR count). The summed E-state index contributed by atoms with van der Waals surface area (Å²) >= 11 is 0. The fourth-order valence-electron chi connectivity index (χ4n) is 1.83. The van der Waals surface area contributed by atoms with Crippen molar-refractivity contribution in [1.82, 2.24) is 10.3 Å². The third-order valence-corrected chi connectivity index (χ3v) is 3.03. The van der Waals surface area contributed by atoms with E-state index in [2.05, 4.69) is 17.2 Å². The first-order chi connectivity index (χ1) is 8.63. The van der Waals surface area contributed by atoms with E-state index in [1.54, 1.807) is 6.20 Å². The molecule has 3 N–H and O–H groups in total. The summed E-state index contributed by atoms with van der Waals surface area (Å²) in [6.45, 7) is 4.76. The minimum atomic E-state index is -0.0384. The van der Waals surface area contributed by atoms with E-state index in [0.717, 1.165) is 18.5 Å². The summed E-state index contributed by atoms with van der Waals surface area (Å²) < 4.78 is 0. The van der Waals surface area contributed by atoms with Crippen LogP contribution in [-0.2, 0) is 4.79 Å². The molecular formula is C14H23N3O. The van der Waals surface area contributed by atoms with Gasteiger partial charge in [0.05, 0.1) is 11.7 Å². The Hall–Kier alpha value is -1.42. The Morgan fingerprint density at radius 3 is 2.78 bits per heavy atom. The van der Waals surface area contributed by atoms with E-state index in [1.807, 2.05) is 25.1 Å². The summed E-state index contributed by atoms with van der Waals surface area (Å²) in [7, 11) is 0. The Bertz CT molecular complexity index is 353. The van der Waals surface area contributed by atoms with Crippen LogP contribution in [0.15, 0.2) is 24.4 Å². The predicted octanol–water partition coefficient (Wildman–Crippen LogP) is 2.02. The molecule has 0 spiro atoms. The lowest BCUT2D eigenvalue weighted by Crippen LogP contribution is -2.27. The van der Waals surface area contributed by atoms with E-state index in [1.165, 1.54) is 0 Å². The normalized spacial score (nSPS) is 13.9. The summed E-state index contributed by atoms with van der Waals surface area (Å²) in [4.78, 5) is 16.0. The number of nitrogens with two attached hydrogens (primary N) is 1. The zero-order valence-electron chi connectivity index (χ0n) is 11.2. The smallest absolute Gasteiger partial charge is 0.220 e. The molecule has 0 saturated carbocycles. The van der Waals surface area contributed by atoms with Gasteiger partial charge in [0.25, 0.3) is 0 Å². The molecular weight excluding hydrogens is 226 g/mol. The molecule has 0 aliphatic heterocycles. The predicted molar refractivity (Wildman–Crippen MR) is 72.9 cm³/mol. The molecule has 100 valence electrons. The molecule has 0 aliphatic carbocycles. The lowest BCUT2D eigenvalue weighted by atomic mass is 10.0. The molecule has 0 radical (unpaired) electrons. The molecule has 1 amide bonds. The number of nitrogens with one attached hydrogen (secondary N) is 1. The first-order valence-corrected chi connectivity index (χ1v) is 6.53. The van der Waals surface area contributed by atoms with Gasteiger partial charge in [-0.2, -0.15) is 0 Å². The van der Waals surface area contributed by atoms with E-state index in [9.17, 15) is 4.79 Å². The van der Waals surface area contributed by atoms with Crippen LogP contribution in [0.1, 0.15) is 44.8 Å². The zero-order chi connectivity index (χ0) is 13.4. The number of pyridine rings is 1. The maximum atomic E-state index is 11.8. The van der Waals surface area contributed by atoms with E-state index < -0.39 is 0 Å². The van der Waals surface area contributed by atoms with Crippen LogP contribution >= 0.6 is 0 Å². The second-order valence-corrected chi connectivity index (χ2v) is 4.77. The van der Waals surface area contributed by atoms with Gasteiger partial charge in [-0.05, 0) is 44.4 Å². The fourth-order valence-corrected chi connectivity index (χ4v) is 1.83. The Balaban J connectivity index is 2.32. The lowest BCUT2D eigenvalue weighted by Gasteiger charge is -2.14. The van der Waals surface area contributed by atoms with Crippen molar-refractivity contribution in [3.05, 3.63) is 30.1 Å². The standard InChI is InChI=1S/C14H23N3O/c1-11(8-9-15)6-7-14(18)17-12(2)13-5-3-4-10-16-13/h3-5,10-12H,6-9,15H2,1-2H3,(H,17,18). The molecule has 0 aliphatic rings. The molecule has 4 heteroatoms. The largest absolute Gasteiger partial charge is 0.348 e. The van der Waals surface area contributed by atoms with E-state index in [0.29, 0.717) is 18.9 Å². The number of aromatic nitrogens is 1. The van der Waals surface area contributed by atoms with Crippen LogP contribution in [-0.4, -0.2) is 17.4 Å². The molecule has 0 bridgehead atoms. The van der Waals surface area contributed by atoms with Crippen molar-refractivity contribution >= 4 is 5.91 Å². The van der Waals surface area contributed by atoms with Gasteiger partial charge < -0.3 is 11.1 Å². The number of hydrogen-bond donors (Lipinski definition) is 2. The summed E-state index contributed by atoms with van der Waals surface area (Å²) in [5.74, 6) is 0.586. The zero-order valence-corrected chi connectivity index (χ0v) is 11.2. The van der Waals surface area contributed by atoms with Crippen LogP contribution in [0, 0.1) is 5.92 Å². The lowest BCUT2D eigenvalue weighted by molar-refractivity contribution is -0.122. The van der Waals surface area contributed by atoms with Crippen LogP contribution in [0.25, 0.3) is 0 Å². The maximum absolute atomic E-state index is 11.8. The third kappa shape index (κ3) is 5.27. The summed E-state index contributed by atoms with van der Waals surface area (Å²) in [6.07, 6.45) is 4.15. The monoisotopic (exact) mass is 249 g/mol. The van der Waals surface area contributed by atoms with E-state index in [4.69, 9.17) is 5.73 Å². The number of hydrogen-bond acceptors (Lipinski definition) is 3. The first-order valence-electron chi connectivity index (χ1n) is 6.53. The molecule has 0 saturated heterocycles. The fraction of sp³-hybridized carbons (Fsp3) is 0.571. The molecule has 1 aromatic heterocycles. The van der Waals surface area contributed by atoms with Crippen LogP contribution in [0.2, 0.25) is 0 Å². The highest BCUT2D eigenvalue weighted by Gasteiger charge is 2.11. The summed E-state index contributed by atoms with van der Waals surface area (Å²) in [5, 5.41) is 2.96. The number of amides is 1. The Morgan fingerprint density at radius 2 is 2.17 bits per heavy atom. The Morgan fingerprint density at radius 1 is 1.39 bits per heavy atom. The highest BCUT2D eigenvalue weighted by atomic mass is 16.1. The summed E-state index contributed by atoms with van der Waals surface area (Å²) in [6, 6.07) is 5.67. The van der Waals surface area contributed by atoms with Crippen molar-refractivity contribution in [1.29, 1.82) is 0 Å². The minimum absolute atomic E-state index is 0.0384. The van der Waals surface area contributed by atoms with Gasteiger partial charge in [-0.25, -0.2) is 0 Å². The maximum Gasteiger partial charge on any atom is 0.220 e. The summed E-state index contributed by atoms with van der Waals surface area (Å²) in [5.41, 5.74) is 6.37. The molecule has 2 unspecified atom stereocenters. The molecule has 4 nitrogen and oxygen atoms in total. The van der Waals surface area contributed by atoms with E-state index in [-0.39, 0.29) is 11.9 Å². The van der Waals surface area contributed by atoms with Gasteiger partial charge >= 0.3 is 0 Å². The van der Waals surface area contributed by atoms with Gasteiger partial charge in [0.1, 0.15) is 0 Å². The molecule has 18 heavy (non-hydrogen) atoms. The van der Waals surface area contributed by atoms with Crippen molar-refractivity contribution in [3.63, 3.8) is 0 Å². The number of rotatable bonds is 7. The highest BCUT2D eigenvalue weighted by Crippen LogP contribution is 2.11. The van der Waals surface area contributed by atoms with Crippen LogP contribution in [0.5, 0.6) is 0 Å². The Kier molecular flexibility index (Phi) is 6.36. The molecule has 0 aromatic carbocycles.